The van der Waals surface area contributed by atoms with Crippen LogP contribution in [0.15, 0.2) is 71.9 Å². The summed E-state index contributed by atoms with van der Waals surface area (Å²) in [5.74, 6) is -0.880. The molecular formula is C21H19NO4S. The average Bonchev–Trinajstić information content (AvgIpc) is 2.72. The van der Waals surface area contributed by atoms with Crippen LogP contribution in [0.1, 0.15) is 23.7 Å². The van der Waals surface area contributed by atoms with Crippen LogP contribution in [0.2, 0.25) is 0 Å². The predicted octanol–water partition coefficient (Wildman–Crippen LogP) is 2.93. The third-order valence-corrected chi connectivity index (χ3v) is 4.70. The number of hydrogen-bond donors (Lipinski definition) is 1. The van der Waals surface area contributed by atoms with Crippen LogP contribution in [0.25, 0.3) is 0 Å². The maximum Gasteiger partial charge on any atom is 0.356 e. The van der Waals surface area contributed by atoms with Gasteiger partial charge in [-0.3, -0.25) is 9.59 Å². The van der Waals surface area contributed by atoms with Crippen molar-refractivity contribution < 1.29 is 19.1 Å². The highest BCUT2D eigenvalue weighted by atomic mass is 32.1. The van der Waals surface area contributed by atoms with Crippen molar-refractivity contribution in [2.24, 2.45) is 0 Å². The molecule has 3 rings (SSSR count). The van der Waals surface area contributed by atoms with Crippen LogP contribution in [0.3, 0.4) is 0 Å². The number of esters is 1. The first-order valence-electron chi connectivity index (χ1n) is 8.56. The van der Waals surface area contributed by atoms with Crippen LogP contribution in [0.5, 0.6) is 0 Å². The Morgan fingerprint density at radius 1 is 1.07 bits per heavy atom. The van der Waals surface area contributed by atoms with E-state index in [1.165, 1.54) is 4.90 Å². The molecule has 0 spiro atoms. The Hall–Kier alpha value is -2.86. The second-order valence-electron chi connectivity index (χ2n) is 6.05. The van der Waals surface area contributed by atoms with Gasteiger partial charge in [0.15, 0.2) is 6.10 Å². The van der Waals surface area contributed by atoms with E-state index < -0.39 is 12.1 Å². The van der Waals surface area contributed by atoms with Gasteiger partial charge in [0.05, 0.1) is 0 Å². The highest BCUT2D eigenvalue weighted by molar-refractivity contribution is 7.80. The zero-order chi connectivity index (χ0) is 19.2. The van der Waals surface area contributed by atoms with E-state index in [4.69, 9.17) is 4.74 Å². The third-order valence-electron chi connectivity index (χ3n) is 4.36. The highest BCUT2D eigenvalue weighted by Crippen LogP contribution is 2.29. The SMILES string of the molecule is O=C/C(CS)=C(\C(=O)OC(c1ccccc1)c1ccccc1)N1CCC1=O. The van der Waals surface area contributed by atoms with Crippen LogP contribution in [0.4, 0.5) is 0 Å². The van der Waals surface area contributed by atoms with E-state index in [0.717, 1.165) is 11.1 Å². The minimum absolute atomic E-state index is 0.0203. The van der Waals surface area contributed by atoms with Crippen LogP contribution in [-0.4, -0.2) is 35.4 Å². The molecule has 138 valence electrons. The number of carbonyl (C=O) groups excluding carboxylic acids is 3. The molecule has 0 aliphatic carbocycles. The topological polar surface area (TPSA) is 63.7 Å². The zero-order valence-electron chi connectivity index (χ0n) is 14.6. The van der Waals surface area contributed by atoms with E-state index in [0.29, 0.717) is 19.3 Å². The number of aldehydes is 1. The van der Waals surface area contributed by atoms with Crippen molar-refractivity contribution in [3.8, 4) is 0 Å². The first kappa shape index (κ1) is 18.9. The number of rotatable bonds is 7. The van der Waals surface area contributed by atoms with Gasteiger partial charge in [-0.15, -0.1) is 0 Å². The molecule has 1 aliphatic heterocycles. The second-order valence-corrected chi connectivity index (χ2v) is 6.37. The predicted molar refractivity (Wildman–Crippen MR) is 104 cm³/mol. The maximum absolute atomic E-state index is 13.0. The molecular weight excluding hydrogens is 362 g/mol. The summed E-state index contributed by atoms with van der Waals surface area (Å²) in [7, 11) is 0. The van der Waals surface area contributed by atoms with Gasteiger partial charge >= 0.3 is 5.97 Å². The maximum atomic E-state index is 13.0. The van der Waals surface area contributed by atoms with Gasteiger partial charge in [0.1, 0.15) is 12.0 Å². The Balaban J connectivity index is 1.97. The molecule has 6 heteroatoms. The van der Waals surface area contributed by atoms with Gasteiger partial charge in [-0.05, 0) is 11.1 Å². The fraction of sp³-hybridized carbons (Fsp3) is 0.190. The minimum Gasteiger partial charge on any atom is -0.448 e. The molecule has 0 saturated carbocycles. The lowest BCUT2D eigenvalue weighted by Gasteiger charge is -2.33. The number of ether oxygens (including phenoxy) is 1. The van der Waals surface area contributed by atoms with Crippen molar-refractivity contribution in [2.45, 2.75) is 12.5 Å². The average molecular weight is 381 g/mol. The molecule has 5 nitrogen and oxygen atoms in total. The molecule has 1 fully saturated rings. The van der Waals surface area contributed by atoms with Gasteiger partial charge in [-0.1, -0.05) is 60.7 Å². The molecule has 0 bridgehead atoms. The Labute approximate surface area is 163 Å². The van der Waals surface area contributed by atoms with Crippen molar-refractivity contribution in [2.75, 3.05) is 12.3 Å². The van der Waals surface area contributed by atoms with Gasteiger partial charge in [-0.25, -0.2) is 4.79 Å². The Kier molecular flexibility index (Phi) is 6.08. The van der Waals surface area contributed by atoms with Gasteiger partial charge in [0.2, 0.25) is 5.91 Å². The number of β-lactam (4-membered cyclic amide) rings is 1. The molecule has 2 aromatic rings. The summed E-state index contributed by atoms with van der Waals surface area (Å²) in [5.41, 5.74) is 1.71. The number of hydrogen-bond acceptors (Lipinski definition) is 5. The summed E-state index contributed by atoms with van der Waals surface area (Å²) in [5, 5.41) is 0. The smallest absolute Gasteiger partial charge is 0.356 e. The number of nitrogens with zero attached hydrogens (tertiary/aromatic N) is 1. The lowest BCUT2D eigenvalue weighted by atomic mass is 10.0. The second kappa shape index (κ2) is 8.68. The molecule has 0 atom stereocenters. The summed E-state index contributed by atoms with van der Waals surface area (Å²) in [6, 6.07) is 18.7. The lowest BCUT2D eigenvalue weighted by molar-refractivity contribution is -0.150. The fourth-order valence-electron chi connectivity index (χ4n) is 2.88. The molecule has 1 aliphatic rings. The standard InChI is InChI=1S/C21H19NO4S/c23-13-17(14-27)19(22-12-11-18(22)24)21(25)26-20(15-7-3-1-4-8-15)16-9-5-2-6-10-16/h1-10,13,20,27H,11-12,14H2/b19-17-. The first-order valence-corrected chi connectivity index (χ1v) is 9.19. The fourth-order valence-corrected chi connectivity index (χ4v) is 3.11. The van der Waals surface area contributed by atoms with Gasteiger partial charge in [0.25, 0.3) is 0 Å². The van der Waals surface area contributed by atoms with Crippen molar-refractivity contribution >= 4 is 30.8 Å². The van der Waals surface area contributed by atoms with E-state index in [-0.39, 0.29) is 22.9 Å². The summed E-state index contributed by atoms with van der Waals surface area (Å²) in [6.07, 6.45) is 0.241. The Bertz CT molecular complexity index is 825. The van der Waals surface area contributed by atoms with E-state index in [1.807, 2.05) is 60.7 Å². The van der Waals surface area contributed by atoms with Gasteiger partial charge in [0, 0.05) is 24.3 Å². The van der Waals surface area contributed by atoms with Crippen LogP contribution < -0.4 is 0 Å². The Morgan fingerprint density at radius 2 is 1.63 bits per heavy atom. The molecule has 0 unspecified atom stereocenters. The monoisotopic (exact) mass is 381 g/mol. The highest BCUT2D eigenvalue weighted by Gasteiger charge is 2.35. The molecule has 1 amide bonds. The minimum atomic E-state index is -0.711. The molecule has 2 aromatic carbocycles. The quantitative estimate of drug-likeness (QED) is 0.263. The normalized spacial score (nSPS) is 14.4. The number of carbonyl (C=O) groups is 3. The van der Waals surface area contributed by atoms with Crippen molar-refractivity contribution in [3.63, 3.8) is 0 Å². The molecule has 27 heavy (non-hydrogen) atoms. The zero-order valence-corrected chi connectivity index (χ0v) is 15.5. The Morgan fingerprint density at radius 3 is 2.00 bits per heavy atom. The van der Waals surface area contributed by atoms with Crippen molar-refractivity contribution in [1.29, 1.82) is 0 Å². The summed E-state index contributed by atoms with van der Waals surface area (Å²) < 4.78 is 5.79. The third kappa shape index (κ3) is 4.11. The summed E-state index contributed by atoms with van der Waals surface area (Å²) in [6.45, 7) is 0.385. The molecule has 0 radical (unpaired) electrons. The summed E-state index contributed by atoms with van der Waals surface area (Å²) in [4.78, 5) is 37.5. The largest absolute Gasteiger partial charge is 0.448 e. The lowest BCUT2D eigenvalue weighted by Crippen LogP contribution is -2.46. The van der Waals surface area contributed by atoms with Crippen LogP contribution in [0, 0.1) is 0 Å². The van der Waals surface area contributed by atoms with E-state index in [1.54, 1.807) is 0 Å². The number of benzene rings is 2. The van der Waals surface area contributed by atoms with Crippen molar-refractivity contribution in [1.82, 2.24) is 4.90 Å². The van der Waals surface area contributed by atoms with Crippen LogP contribution >= 0.6 is 12.6 Å². The van der Waals surface area contributed by atoms with Crippen LogP contribution in [-0.2, 0) is 19.1 Å². The summed E-state index contributed by atoms with van der Waals surface area (Å²) >= 11 is 4.11. The van der Waals surface area contributed by atoms with Gasteiger partial charge < -0.3 is 9.64 Å². The molecule has 0 aromatic heterocycles. The molecule has 1 saturated heterocycles. The van der Waals surface area contributed by atoms with E-state index in [2.05, 4.69) is 12.6 Å². The number of thiol groups is 1. The number of amides is 1. The van der Waals surface area contributed by atoms with Crippen molar-refractivity contribution in [3.05, 3.63) is 83.1 Å². The number of likely N-dealkylation sites (tertiary alicyclic amines) is 1. The first-order chi connectivity index (χ1) is 13.2. The van der Waals surface area contributed by atoms with E-state index >= 15 is 0 Å². The molecule has 1 heterocycles. The van der Waals surface area contributed by atoms with Gasteiger partial charge in [-0.2, -0.15) is 12.6 Å². The molecule has 0 N–H and O–H groups in total. The van der Waals surface area contributed by atoms with E-state index in [9.17, 15) is 14.4 Å².